The molecule has 0 N–H and O–H groups in total. The summed E-state index contributed by atoms with van der Waals surface area (Å²) in [6.45, 7) is 13.2. The fourth-order valence-corrected chi connectivity index (χ4v) is 2.76. The second-order valence-electron chi connectivity index (χ2n) is 8.18. The van der Waals surface area contributed by atoms with Gasteiger partial charge in [0, 0.05) is 0 Å². The third-order valence-electron chi connectivity index (χ3n) is 4.10. The van der Waals surface area contributed by atoms with Gasteiger partial charge in [0.05, 0.1) is 12.3 Å². The van der Waals surface area contributed by atoms with Crippen LogP contribution in [0.15, 0.2) is 30.3 Å². The summed E-state index contributed by atoms with van der Waals surface area (Å²) in [7, 11) is 0. The van der Waals surface area contributed by atoms with Gasteiger partial charge >= 0.3 is 11.9 Å². The largest absolute Gasteiger partial charge is 0.486 e. The van der Waals surface area contributed by atoms with Crippen molar-refractivity contribution < 1.29 is 23.8 Å². The molecule has 1 rings (SSSR count). The van der Waals surface area contributed by atoms with Crippen LogP contribution in [0.1, 0.15) is 61.3 Å². The summed E-state index contributed by atoms with van der Waals surface area (Å²) in [4.78, 5) is 24.6. The third-order valence-corrected chi connectivity index (χ3v) is 4.10. The molecule has 0 unspecified atom stereocenters. The zero-order valence-electron chi connectivity index (χ0n) is 17.7. The molecule has 0 aromatic heterocycles. The lowest BCUT2D eigenvalue weighted by Crippen LogP contribution is -2.39. The molecule has 0 fully saturated rings. The predicted molar refractivity (Wildman–Crippen MR) is 105 cm³/mol. The van der Waals surface area contributed by atoms with E-state index in [1.807, 2.05) is 58.0 Å². The Bertz CT molecular complexity index is 588. The Morgan fingerprint density at radius 1 is 1.04 bits per heavy atom. The second-order valence-corrected chi connectivity index (χ2v) is 8.18. The summed E-state index contributed by atoms with van der Waals surface area (Å²) in [5.41, 5.74) is -0.571. The molecule has 0 heterocycles. The summed E-state index contributed by atoms with van der Waals surface area (Å²) in [6.07, 6.45) is -0.192. The molecule has 152 valence electrons. The van der Waals surface area contributed by atoms with Gasteiger partial charge in [-0.15, -0.1) is 0 Å². The summed E-state index contributed by atoms with van der Waals surface area (Å²) in [5, 5.41) is 0. The van der Waals surface area contributed by atoms with Gasteiger partial charge in [-0.2, -0.15) is 0 Å². The molecule has 0 aliphatic carbocycles. The number of para-hydroxylation sites is 1. The van der Waals surface area contributed by atoms with Crippen molar-refractivity contribution in [2.45, 2.75) is 79.1 Å². The van der Waals surface area contributed by atoms with E-state index in [0.29, 0.717) is 6.42 Å². The highest BCUT2D eigenvalue weighted by atomic mass is 16.6. The van der Waals surface area contributed by atoms with Crippen LogP contribution in [-0.2, 0) is 19.1 Å². The smallest absolute Gasteiger partial charge is 0.309 e. The first-order valence-corrected chi connectivity index (χ1v) is 9.67. The van der Waals surface area contributed by atoms with Gasteiger partial charge in [-0.05, 0) is 52.2 Å². The van der Waals surface area contributed by atoms with Crippen LogP contribution in [0.5, 0.6) is 5.75 Å². The van der Waals surface area contributed by atoms with Crippen molar-refractivity contribution >= 4 is 11.9 Å². The molecule has 0 saturated heterocycles. The molecule has 1 aromatic carbocycles. The molecule has 5 heteroatoms. The van der Waals surface area contributed by atoms with Gasteiger partial charge in [-0.3, -0.25) is 9.59 Å². The molecule has 5 nitrogen and oxygen atoms in total. The van der Waals surface area contributed by atoms with Crippen LogP contribution in [0.2, 0.25) is 0 Å². The molecule has 0 aliphatic rings. The number of carbonyl (C=O) groups excluding carboxylic acids is 2. The number of esters is 2. The number of hydrogen-bond acceptors (Lipinski definition) is 5. The first-order valence-electron chi connectivity index (χ1n) is 9.67. The van der Waals surface area contributed by atoms with E-state index in [9.17, 15) is 9.59 Å². The van der Waals surface area contributed by atoms with Crippen LogP contribution >= 0.6 is 0 Å². The Hall–Kier alpha value is -2.04. The standard InChI is InChI=1S/C22H34O5/c1-8-17(14-19(23)27-22(5,6)7)21(24)25-16(4)20(15(2)3)26-18-12-10-9-11-13-18/h9-13,15-17,20H,8,14H2,1-7H3/t16-,17+,20+/m0/s1. The van der Waals surface area contributed by atoms with E-state index < -0.39 is 23.6 Å². The van der Waals surface area contributed by atoms with Crippen molar-refractivity contribution in [2.24, 2.45) is 11.8 Å². The third kappa shape index (κ3) is 8.46. The molecule has 27 heavy (non-hydrogen) atoms. The molecule has 0 saturated carbocycles. The topological polar surface area (TPSA) is 61.8 Å². The lowest BCUT2D eigenvalue weighted by Gasteiger charge is -2.29. The maximum absolute atomic E-state index is 12.6. The number of benzene rings is 1. The van der Waals surface area contributed by atoms with Crippen molar-refractivity contribution in [3.05, 3.63) is 30.3 Å². The SMILES string of the molecule is CC[C@H](CC(=O)OC(C)(C)C)C(=O)O[C@@H](C)[C@H](Oc1ccccc1)C(C)C. The normalized spacial score (nSPS) is 15.0. The molecular formula is C22H34O5. The maximum atomic E-state index is 12.6. The Balaban J connectivity index is 2.71. The molecule has 0 bridgehead atoms. The Kier molecular flexibility index (Phi) is 8.80. The highest BCUT2D eigenvalue weighted by Gasteiger charge is 2.30. The van der Waals surface area contributed by atoms with Crippen molar-refractivity contribution in [3.63, 3.8) is 0 Å². The Morgan fingerprint density at radius 3 is 2.11 bits per heavy atom. The van der Waals surface area contributed by atoms with Crippen LogP contribution in [0.3, 0.4) is 0 Å². The summed E-state index contributed by atoms with van der Waals surface area (Å²) in [5.74, 6) is -0.413. The second kappa shape index (κ2) is 10.3. The van der Waals surface area contributed by atoms with Gasteiger partial charge in [-0.25, -0.2) is 0 Å². The number of rotatable bonds is 9. The van der Waals surface area contributed by atoms with E-state index in [2.05, 4.69) is 0 Å². The van der Waals surface area contributed by atoms with Crippen molar-refractivity contribution in [3.8, 4) is 5.75 Å². The predicted octanol–water partition coefficient (Wildman–Crippen LogP) is 4.78. The quantitative estimate of drug-likeness (QED) is 0.579. The first-order chi connectivity index (χ1) is 12.5. The van der Waals surface area contributed by atoms with Crippen LogP contribution in [0, 0.1) is 11.8 Å². The number of carbonyl (C=O) groups is 2. The minimum absolute atomic E-state index is 0.0191. The lowest BCUT2D eigenvalue weighted by atomic mass is 10.0. The first kappa shape index (κ1) is 23.0. The van der Waals surface area contributed by atoms with Crippen molar-refractivity contribution in [1.29, 1.82) is 0 Å². The van der Waals surface area contributed by atoms with Gasteiger partial charge in [0.15, 0.2) is 0 Å². The van der Waals surface area contributed by atoms with Crippen molar-refractivity contribution in [2.75, 3.05) is 0 Å². The van der Waals surface area contributed by atoms with Gasteiger partial charge in [0.2, 0.25) is 0 Å². The van der Waals surface area contributed by atoms with Gasteiger partial charge in [-0.1, -0.05) is 39.0 Å². The molecule has 1 aromatic rings. The minimum atomic E-state index is -0.571. The fraction of sp³-hybridized carbons (Fsp3) is 0.636. The maximum Gasteiger partial charge on any atom is 0.309 e. The minimum Gasteiger partial charge on any atom is -0.486 e. The Labute approximate surface area is 163 Å². The Morgan fingerprint density at radius 2 is 1.63 bits per heavy atom. The van der Waals surface area contributed by atoms with E-state index in [0.717, 1.165) is 5.75 Å². The molecule has 0 spiro atoms. The highest BCUT2D eigenvalue weighted by Crippen LogP contribution is 2.22. The van der Waals surface area contributed by atoms with Crippen molar-refractivity contribution in [1.82, 2.24) is 0 Å². The van der Waals surface area contributed by atoms with Crippen LogP contribution in [-0.4, -0.2) is 29.7 Å². The highest BCUT2D eigenvalue weighted by molar-refractivity contribution is 5.80. The molecule has 0 aliphatic heterocycles. The van der Waals surface area contributed by atoms with Crippen LogP contribution in [0.25, 0.3) is 0 Å². The fourth-order valence-electron chi connectivity index (χ4n) is 2.76. The molecule has 0 amide bonds. The summed E-state index contributed by atoms with van der Waals surface area (Å²) < 4.78 is 17.0. The van der Waals surface area contributed by atoms with E-state index >= 15 is 0 Å². The zero-order chi connectivity index (χ0) is 20.6. The molecule has 3 atom stereocenters. The summed E-state index contributed by atoms with van der Waals surface area (Å²) in [6, 6.07) is 9.47. The van der Waals surface area contributed by atoms with E-state index in [4.69, 9.17) is 14.2 Å². The average Bonchev–Trinajstić information content (AvgIpc) is 2.56. The number of ether oxygens (including phenoxy) is 3. The summed E-state index contributed by atoms with van der Waals surface area (Å²) >= 11 is 0. The van der Waals surface area contributed by atoms with Crippen LogP contribution in [0.4, 0.5) is 0 Å². The van der Waals surface area contributed by atoms with Gasteiger partial charge < -0.3 is 14.2 Å². The average molecular weight is 379 g/mol. The zero-order valence-corrected chi connectivity index (χ0v) is 17.7. The number of hydrogen-bond donors (Lipinski definition) is 0. The molecule has 0 radical (unpaired) electrons. The van der Waals surface area contributed by atoms with Gasteiger partial charge in [0.1, 0.15) is 23.6 Å². The monoisotopic (exact) mass is 378 g/mol. The van der Waals surface area contributed by atoms with E-state index in [1.54, 1.807) is 20.8 Å². The van der Waals surface area contributed by atoms with Gasteiger partial charge in [0.25, 0.3) is 0 Å². The van der Waals surface area contributed by atoms with Crippen LogP contribution < -0.4 is 4.74 Å². The van der Waals surface area contributed by atoms with E-state index in [1.165, 1.54) is 0 Å². The van der Waals surface area contributed by atoms with E-state index in [-0.39, 0.29) is 24.4 Å². The molecular weight excluding hydrogens is 344 g/mol. The lowest BCUT2D eigenvalue weighted by molar-refractivity contribution is -0.166.